The number of carbonyl (C=O) groups is 1. The molecular weight excluding hydrogens is 803 g/mol. The first-order valence-electron chi connectivity index (χ1n) is 26.5. The number of ether oxygens (including phenoxy) is 2. The lowest BCUT2D eigenvalue weighted by Gasteiger charge is -2.40. The fourth-order valence-corrected chi connectivity index (χ4v) is 8.15. The molecule has 0 aliphatic carbocycles. The lowest BCUT2D eigenvalue weighted by atomic mass is 9.99. The first-order chi connectivity index (χ1) is 31.3. The number of amides is 1. The number of rotatable bonds is 44. The third-order valence-electron chi connectivity index (χ3n) is 12.3. The quantitative estimate of drug-likeness (QED) is 0.0262. The van der Waals surface area contributed by atoms with Gasteiger partial charge in [-0.3, -0.25) is 4.79 Å². The Kier molecular flexibility index (Phi) is 41.9. The highest BCUT2D eigenvalue weighted by atomic mass is 16.7. The molecule has 1 saturated heterocycles. The lowest BCUT2D eigenvalue weighted by Crippen LogP contribution is -2.60. The van der Waals surface area contributed by atoms with E-state index in [1.165, 1.54) is 128 Å². The number of hydrogen-bond donors (Lipinski definition) is 6. The van der Waals surface area contributed by atoms with Crippen LogP contribution in [-0.4, -0.2) is 87.5 Å². The maximum Gasteiger partial charge on any atom is 0.220 e. The second kappa shape index (κ2) is 44.7. The Morgan fingerprint density at radius 1 is 0.547 bits per heavy atom. The highest BCUT2D eigenvalue weighted by molar-refractivity contribution is 5.76. The van der Waals surface area contributed by atoms with Crippen molar-refractivity contribution in [3.8, 4) is 0 Å². The molecule has 7 unspecified atom stereocenters. The minimum atomic E-state index is -1.57. The Morgan fingerprint density at radius 3 is 1.44 bits per heavy atom. The van der Waals surface area contributed by atoms with Crippen LogP contribution in [0, 0.1) is 0 Å². The number of aliphatic hydroxyl groups excluding tert-OH is 5. The zero-order chi connectivity index (χ0) is 46.6. The summed E-state index contributed by atoms with van der Waals surface area (Å²) in [5, 5.41) is 54.4. The van der Waals surface area contributed by atoms with Crippen LogP contribution in [0.2, 0.25) is 0 Å². The third kappa shape index (κ3) is 34.2. The summed E-state index contributed by atoms with van der Waals surface area (Å²) in [4.78, 5) is 13.0. The summed E-state index contributed by atoms with van der Waals surface area (Å²) < 4.78 is 11.2. The first-order valence-corrected chi connectivity index (χ1v) is 26.5. The fraction of sp³-hybridized carbons (Fsp3) is 0.800. The predicted molar refractivity (Wildman–Crippen MR) is 267 cm³/mol. The zero-order valence-electron chi connectivity index (χ0n) is 41.0. The van der Waals surface area contributed by atoms with Crippen molar-refractivity contribution in [2.24, 2.45) is 0 Å². The molecule has 9 heteroatoms. The van der Waals surface area contributed by atoms with Crippen LogP contribution in [0.3, 0.4) is 0 Å². The van der Waals surface area contributed by atoms with E-state index in [0.29, 0.717) is 6.42 Å². The van der Waals surface area contributed by atoms with E-state index in [9.17, 15) is 30.3 Å². The van der Waals surface area contributed by atoms with E-state index in [2.05, 4.69) is 67.8 Å². The van der Waals surface area contributed by atoms with Gasteiger partial charge in [-0.2, -0.15) is 0 Å². The van der Waals surface area contributed by atoms with E-state index in [-0.39, 0.29) is 12.5 Å². The highest BCUT2D eigenvalue weighted by Crippen LogP contribution is 2.23. The van der Waals surface area contributed by atoms with Crippen molar-refractivity contribution in [2.75, 3.05) is 13.2 Å². The summed E-state index contributed by atoms with van der Waals surface area (Å²) in [5.74, 6) is -0.201. The van der Waals surface area contributed by atoms with Gasteiger partial charge in [0.05, 0.1) is 25.4 Å². The number of allylic oxidation sites excluding steroid dienone is 9. The number of carbonyl (C=O) groups excluding carboxylic acids is 1. The number of unbranched alkanes of at least 4 members (excludes halogenated alkanes) is 26. The van der Waals surface area contributed by atoms with Crippen LogP contribution in [-0.2, 0) is 14.3 Å². The Labute approximate surface area is 392 Å². The Balaban J connectivity index is 2.29. The van der Waals surface area contributed by atoms with Crippen LogP contribution in [0.4, 0.5) is 0 Å². The lowest BCUT2D eigenvalue weighted by molar-refractivity contribution is -0.302. The molecule has 0 aromatic heterocycles. The SMILES string of the molecule is CC/C=C\C/C=C\C/C=C\C/C=C\CCCCCCC(=O)NC(COC1OC(CO)C(O)C(O)C1O)C(O)/C=C/CCCCCCCCCCCCCCCCCCCCCCCC. The number of hydrogen-bond acceptors (Lipinski definition) is 8. The molecule has 6 N–H and O–H groups in total. The van der Waals surface area contributed by atoms with Gasteiger partial charge in [-0.1, -0.05) is 222 Å². The maximum absolute atomic E-state index is 13.0. The molecule has 1 heterocycles. The van der Waals surface area contributed by atoms with Crippen molar-refractivity contribution in [3.63, 3.8) is 0 Å². The van der Waals surface area contributed by atoms with Gasteiger partial charge in [-0.25, -0.2) is 0 Å². The van der Waals surface area contributed by atoms with E-state index < -0.39 is 49.5 Å². The van der Waals surface area contributed by atoms with E-state index >= 15 is 0 Å². The minimum Gasteiger partial charge on any atom is -0.394 e. The molecule has 0 saturated carbocycles. The third-order valence-corrected chi connectivity index (χ3v) is 12.3. The van der Waals surface area contributed by atoms with Crippen LogP contribution >= 0.6 is 0 Å². The molecule has 1 rings (SSSR count). The Hall–Kier alpha value is -2.11. The van der Waals surface area contributed by atoms with Crippen molar-refractivity contribution in [2.45, 2.75) is 269 Å². The van der Waals surface area contributed by atoms with Crippen molar-refractivity contribution in [1.29, 1.82) is 0 Å². The number of aliphatic hydroxyl groups is 5. The second-order valence-corrected chi connectivity index (χ2v) is 18.3. The van der Waals surface area contributed by atoms with Crippen LogP contribution in [0.25, 0.3) is 0 Å². The van der Waals surface area contributed by atoms with Gasteiger partial charge in [0.15, 0.2) is 6.29 Å². The second-order valence-electron chi connectivity index (χ2n) is 18.3. The smallest absolute Gasteiger partial charge is 0.220 e. The van der Waals surface area contributed by atoms with Gasteiger partial charge in [-0.05, 0) is 57.8 Å². The van der Waals surface area contributed by atoms with E-state index in [4.69, 9.17) is 9.47 Å². The van der Waals surface area contributed by atoms with Crippen molar-refractivity contribution in [3.05, 3.63) is 60.8 Å². The maximum atomic E-state index is 13.0. The molecule has 1 fully saturated rings. The average Bonchev–Trinajstić information content (AvgIpc) is 3.29. The van der Waals surface area contributed by atoms with Gasteiger partial charge >= 0.3 is 0 Å². The normalized spacial score (nSPS) is 20.5. The zero-order valence-corrected chi connectivity index (χ0v) is 41.0. The molecular formula is C55H99NO8. The molecule has 7 atom stereocenters. The van der Waals surface area contributed by atoms with Crippen molar-refractivity contribution in [1.82, 2.24) is 5.32 Å². The molecule has 0 spiro atoms. The van der Waals surface area contributed by atoms with E-state index in [0.717, 1.165) is 77.0 Å². The van der Waals surface area contributed by atoms with E-state index in [1.54, 1.807) is 6.08 Å². The predicted octanol–water partition coefficient (Wildman–Crippen LogP) is 12.3. The molecule has 0 bridgehead atoms. The largest absolute Gasteiger partial charge is 0.394 e. The molecule has 64 heavy (non-hydrogen) atoms. The van der Waals surface area contributed by atoms with Crippen LogP contribution < -0.4 is 5.32 Å². The Morgan fingerprint density at radius 2 is 0.969 bits per heavy atom. The van der Waals surface area contributed by atoms with Crippen LogP contribution in [0.5, 0.6) is 0 Å². The molecule has 372 valence electrons. The van der Waals surface area contributed by atoms with Gasteiger partial charge in [0.2, 0.25) is 5.91 Å². The first kappa shape index (κ1) is 59.9. The molecule has 0 radical (unpaired) electrons. The highest BCUT2D eigenvalue weighted by Gasteiger charge is 2.44. The summed E-state index contributed by atoms with van der Waals surface area (Å²) in [6, 6.07) is -0.821. The van der Waals surface area contributed by atoms with Crippen LogP contribution in [0.1, 0.15) is 226 Å². The Bertz CT molecular complexity index is 1180. The summed E-state index contributed by atoms with van der Waals surface area (Å²) in [5.41, 5.74) is 0. The van der Waals surface area contributed by atoms with Crippen LogP contribution in [0.15, 0.2) is 60.8 Å². The monoisotopic (exact) mass is 902 g/mol. The number of nitrogens with one attached hydrogen (secondary N) is 1. The molecule has 1 aliphatic rings. The molecule has 1 amide bonds. The van der Waals surface area contributed by atoms with E-state index in [1.807, 2.05) is 6.08 Å². The molecule has 0 aromatic rings. The van der Waals surface area contributed by atoms with Gasteiger partial charge in [0.1, 0.15) is 24.4 Å². The fourth-order valence-electron chi connectivity index (χ4n) is 8.15. The standard InChI is InChI=1S/C55H99NO8/c1-3-5-7-9-11-13-15-17-19-21-22-23-24-25-26-27-29-30-32-34-36-38-40-42-44-49(58)48(47-63-55-54(62)53(61)52(60)50(46-57)64-55)56-51(59)45-43-41-39-37-35-33-31-28-20-18-16-14-12-10-8-6-4-2/h6,8,12,14,18,20,31,33,42,44,48-50,52-55,57-58,60-62H,3-5,7,9-11,13,15-17,19,21-30,32,34-41,43,45-47H2,1-2H3,(H,56,59)/b8-6-,14-12-,20-18-,33-31-,44-42+. The topological polar surface area (TPSA) is 149 Å². The summed E-state index contributed by atoms with van der Waals surface area (Å²) in [7, 11) is 0. The summed E-state index contributed by atoms with van der Waals surface area (Å²) >= 11 is 0. The average molecular weight is 902 g/mol. The van der Waals surface area contributed by atoms with Crippen molar-refractivity contribution >= 4 is 5.91 Å². The van der Waals surface area contributed by atoms with Gasteiger partial charge in [0.25, 0.3) is 0 Å². The summed E-state index contributed by atoms with van der Waals surface area (Å²) in [6.45, 7) is 3.66. The summed E-state index contributed by atoms with van der Waals surface area (Å²) in [6.07, 6.45) is 52.8. The van der Waals surface area contributed by atoms with Crippen molar-refractivity contribution < 1.29 is 39.8 Å². The van der Waals surface area contributed by atoms with Gasteiger partial charge < -0.3 is 40.3 Å². The molecule has 9 nitrogen and oxygen atoms in total. The molecule has 0 aromatic carbocycles. The van der Waals surface area contributed by atoms with Gasteiger partial charge in [-0.15, -0.1) is 0 Å². The van der Waals surface area contributed by atoms with Gasteiger partial charge in [0, 0.05) is 6.42 Å². The minimum absolute atomic E-state index is 0.200. The molecule has 1 aliphatic heterocycles.